The van der Waals surface area contributed by atoms with Gasteiger partial charge in [0.25, 0.3) is 0 Å². The van der Waals surface area contributed by atoms with E-state index in [0.717, 1.165) is 57.8 Å². The van der Waals surface area contributed by atoms with Gasteiger partial charge in [0, 0.05) is 12.8 Å². The van der Waals surface area contributed by atoms with E-state index in [2.05, 4.69) is 62.5 Å². The SMILES string of the molecule is CC/C=C\C/C=C\C/C=C\CCCCCC(=O)OC(COC(=O)CCCCCCCCCCCCC/C=C\CCCCCCCCCC)COP(=O)(O)OCC. The predicted molar refractivity (Wildman–Crippen MR) is 235 cm³/mol. The van der Waals surface area contributed by atoms with Crippen molar-refractivity contribution in [3.63, 3.8) is 0 Å². The first-order chi connectivity index (χ1) is 27.3. The van der Waals surface area contributed by atoms with Crippen LogP contribution in [0.2, 0.25) is 0 Å². The lowest BCUT2D eigenvalue weighted by atomic mass is 10.0. The van der Waals surface area contributed by atoms with E-state index < -0.39 is 26.5 Å². The number of esters is 2. The van der Waals surface area contributed by atoms with Crippen molar-refractivity contribution in [1.82, 2.24) is 0 Å². The molecule has 0 spiro atoms. The van der Waals surface area contributed by atoms with Crippen molar-refractivity contribution >= 4 is 19.8 Å². The summed E-state index contributed by atoms with van der Waals surface area (Å²) < 4.78 is 32.6. The predicted octanol–water partition coefficient (Wildman–Crippen LogP) is 14.6. The number of hydrogen-bond donors (Lipinski definition) is 1. The summed E-state index contributed by atoms with van der Waals surface area (Å²) >= 11 is 0. The number of carbonyl (C=O) groups excluding carboxylic acids is 2. The Kier molecular flexibility index (Phi) is 41.1. The fourth-order valence-electron chi connectivity index (χ4n) is 6.29. The van der Waals surface area contributed by atoms with Gasteiger partial charge in [0.05, 0.1) is 13.2 Å². The second-order valence-corrected chi connectivity index (χ2v) is 16.5. The quantitative estimate of drug-likeness (QED) is 0.0281. The van der Waals surface area contributed by atoms with Crippen LogP contribution < -0.4 is 0 Å². The van der Waals surface area contributed by atoms with Crippen molar-refractivity contribution in [3.8, 4) is 0 Å². The molecule has 0 radical (unpaired) electrons. The highest BCUT2D eigenvalue weighted by atomic mass is 31.2. The molecule has 56 heavy (non-hydrogen) atoms. The maximum absolute atomic E-state index is 12.5. The third-order valence-electron chi connectivity index (χ3n) is 9.62. The van der Waals surface area contributed by atoms with Gasteiger partial charge in [-0.1, -0.05) is 172 Å². The van der Waals surface area contributed by atoms with Crippen LogP contribution in [-0.4, -0.2) is 42.8 Å². The number of rotatable bonds is 42. The van der Waals surface area contributed by atoms with Crippen LogP contribution in [0.25, 0.3) is 0 Å². The molecule has 8 nitrogen and oxygen atoms in total. The normalized spacial score (nSPS) is 13.7. The van der Waals surface area contributed by atoms with Crippen LogP contribution in [0, 0.1) is 0 Å². The Morgan fingerprint density at radius 1 is 0.500 bits per heavy atom. The fraction of sp³-hybridized carbons (Fsp3) is 0.787. The molecule has 0 heterocycles. The van der Waals surface area contributed by atoms with Gasteiger partial charge in [-0.05, 0) is 77.6 Å². The Hall–Kier alpha value is -1.99. The Morgan fingerprint density at radius 3 is 1.41 bits per heavy atom. The molecule has 326 valence electrons. The number of unbranched alkanes of at least 4 members (excludes halogenated alkanes) is 22. The Bertz CT molecular complexity index is 1050. The molecule has 2 atom stereocenters. The molecule has 0 fully saturated rings. The van der Waals surface area contributed by atoms with Crippen molar-refractivity contribution < 1.29 is 37.6 Å². The summed E-state index contributed by atoms with van der Waals surface area (Å²) in [6.07, 6.45) is 50.4. The van der Waals surface area contributed by atoms with E-state index in [1.165, 1.54) is 116 Å². The summed E-state index contributed by atoms with van der Waals surface area (Å²) in [5.41, 5.74) is 0. The molecule has 0 aromatic rings. The largest absolute Gasteiger partial charge is 0.472 e. The molecule has 0 aromatic carbocycles. The number of phosphoric acid groups is 1. The molecule has 0 aromatic heterocycles. The van der Waals surface area contributed by atoms with Gasteiger partial charge >= 0.3 is 19.8 Å². The van der Waals surface area contributed by atoms with Gasteiger partial charge in [-0.15, -0.1) is 0 Å². The van der Waals surface area contributed by atoms with Crippen LogP contribution in [0.3, 0.4) is 0 Å². The van der Waals surface area contributed by atoms with E-state index in [1.54, 1.807) is 6.92 Å². The molecule has 0 aliphatic carbocycles. The standard InChI is InChI=1S/C47H85O8P/c1-4-7-9-11-13-15-17-19-20-21-22-23-24-25-26-27-28-30-31-33-35-37-39-41-46(48)52-43-45(44-54-56(50,51)53-6-3)55-47(49)42-40-38-36-34-32-29-18-16-14-12-10-8-5-2/h8,10,14,16,21-22,29,32,45H,4-7,9,11-13,15,17-20,23-28,30-31,33-44H2,1-3H3,(H,50,51)/b10-8-,16-14-,22-21-,32-29-. The third-order valence-corrected chi connectivity index (χ3v) is 10.7. The first kappa shape index (κ1) is 54.0. The molecule has 2 unspecified atom stereocenters. The number of carbonyl (C=O) groups is 2. The molecule has 1 N–H and O–H groups in total. The minimum absolute atomic E-state index is 0.00646. The van der Waals surface area contributed by atoms with Crippen LogP contribution in [0.5, 0.6) is 0 Å². The van der Waals surface area contributed by atoms with Gasteiger partial charge in [-0.3, -0.25) is 18.6 Å². The molecule has 0 amide bonds. The zero-order valence-corrected chi connectivity index (χ0v) is 37.2. The Labute approximate surface area is 344 Å². The van der Waals surface area contributed by atoms with Crippen LogP contribution in [0.15, 0.2) is 48.6 Å². The highest BCUT2D eigenvalue weighted by molar-refractivity contribution is 7.47. The Balaban J connectivity index is 3.99. The molecular weight excluding hydrogens is 723 g/mol. The van der Waals surface area contributed by atoms with E-state index in [4.69, 9.17) is 18.5 Å². The number of phosphoric ester groups is 1. The topological polar surface area (TPSA) is 108 Å². The number of ether oxygens (including phenoxy) is 2. The first-order valence-electron chi connectivity index (χ1n) is 22.9. The zero-order valence-electron chi connectivity index (χ0n) is 36.3. The van der Waals surface area contributed by atoms with E-state index in [0.29, 0.717) is 6.42 Å². The van der Waals surface area contributed by atoms with Gasteiger partial charge in [-0.25, -0.2) is 4.57 Å². The van der Waals surface area contributed by atoms with Crippen LogP contribution in [0.1, 0.15) is 213 Å². The lowest BCUT2D eigenvalue weighted by Gasteiger charge is -2.19. The minimum atomic E-state index is -4.29. The summed E-state index contributed by atoms with van der Waals surface area (Å²) in [6.45, 7) is 5.33. The number of hydrogen-bond acceptors (Lipinski definition) is 7. The first-order valence-corrected chi connectivity index (χ1v) is 24.4. The van der Waals surface area contributed by atoms with E-state index in [9.17, 15) is 19.0 Å². The summed E-state index contributed by atoms with van der Waals surface area (Å²) in [7, 11) is -4.29. The van der Waals surface area contributed by atoms with Crippen LogP contribution in [0.4, 0.5) is 0 Å². The molecule has 0 aliphatic rings. The summed E-state index contributed by atoms with van der Waals surface area (Å²) in [5.74, 6) is -0.831. The van der Waals surface area contributed by atoms with E-state index in [-0.39, 0.29) is 32.0 Å². The van der Waals surface area contributed by atoms with E-state index in [1.807, 2.05) is 0 Å². The molecular formula is C47H85O8P. The second kappa shape index (κ2) is 42.6. The van der Waals surface area contributed by atoms with Gasteiger partial charge in [-0.2, -0.15) is 0 Å². The average molecular weight is 809 g/mol. The molecule has 9 heteroatoms. The Morgan fingerprint density at radius 2 is 0.911 bits per heavy atom. The average Bonchev–Trinajstić information content (AvgIpc) is 3.18. The maximum Gasteiger partial charge on any atom is 0.472 e. The molecule has 0 saturated carbocycles. The molecule has 0 rings (SSSR count). The molecule has 0 bridgehead atoms. The zero-order chi connectivity index (χ0) is 41.1. The summed E-state index contributed by atoms with van der Waals surface area (Å²) in [5, 5.41) is 0. The summed E-state index contributed by atoms with van der Waals surface area (Å²) in [4.78, 5) is 34.7. The fourth-order valence-corrected chi connectivity index (χ4v) is 7.04. The van der Waals surface area contributed by atoms with Gasteiger partial charge < -0.3 is 14.4 Å². The van der Waals surface area contributed by atoms with Crippen LogP contribution >= 0.6 is 7.82 Å². The van der Waals surface area contributed by atoms with Crippen molar-refractivity contribution in [2.75, 3.05) is 19.8 Å². The third kappa shape index (κ3) is 41.6. The van der Waals surface area contributed by atoms with Gasteiger partial charge in [0.1, 0.15) is 6.61 Å². The van der Waals surface area contributed by atoms with Gasteiger partial charge in [0.2, 0.25) is 0 Å². The highest BCUT2D eigenvalue weighted by Gasteiger charge is 2.25. The van der Waals surface area contributed by atoms with Crippen molar-refractivity contribution in [2.24, 2.45) is 0 Å². The number of allylic oxidation sites excluding steroid dienone is 8. The second-order valence-electron chi connectivity index (χ2n) is 15.0. The smallest absolute Gasteiger partial charge is 0.462 e. The highest BCUT2D eigenvalue weighted by Crippen LogP contribution is 2.43. The van der Waals surface area contributed by atoms with Crippen molar-refractivity contribution in [2.45, 2.75) is 219 Å². The lowest BCUT2D eigenvalue weighted by Crippen LogP contribution is -2.29. The molecule has 0 saturated heterocycles. The minimum Gasteiger partial charge on any atom is -0.462 e. The van der Waals surface area contributed by atoms with Crippen molar-refractivity contribution in [1.29, 1.82) is 0 Å². The van der Waals surface area contributed by atoms with Crippen LogP contribution in [-0.2, 0) is 32.7 Å². The van der Waals surface area contributed by atoms with Crippen molar-refractivity contribution in [3.05, 3.63) is 48.6 Å². The maximum atomic E-state index is 12.5. The molecule has 0 aliphatic heterocycles. The van der Waals surface area contributed by atoms with Gasteiger partial charge in [0.15, 0.2) is 6.10 Å². The monoisotopic (exact) mass is 809 g/mol. The summed E-state index contributed by atoms with van der Waals surface area (Å²) in [6, 6.07) is 0. The van der Waals surface area contributed by atoms with E-state index >= 15 is 0 Å². The lowest BCUT2D eigenvalue weighted by molar-refractivity contribution is -0.161.